The Hall–Kier alpha value is -1.29. The molecule has 4 heteroatoms. The van der Waals surface area contributed by atoms with Gasteiger partial charge in [-0.15, -0.1) is 0 Å². The number of rotatable bonds is 4. The van der Waals surface area contributed by atoms with Gasteiger partial charge in [0, 0.05) is 6.54 Å². The number of aromatic nitrogens is 1. The summed E-state index contributed by atoms with van der Waals surface area (Å²) >= 11 is 1.68. The lowest BCUT2D eigenvalue weighted by Gasteiger charge is -2.09. The molecule has 1 heterocycles. The maximum atomic E-state index is 5.65. The highest BCUT2D eigenvalue weighted by Gasteiger charge is 2.12. The Labute approximate surface area is 106 Å². The van der Waals surface area contributed by atoms with Crippen LogP contribution in [0.25, 0.3) is 10.2 Å². The van der Waals surface area contributed by atoms with Crippen LogP contribution in [0.1, 0.15) is 25.0 Å². The summed E-state index contributed by atoms with van der Waals surface area (Å²) in [6.07, 6.45) is 0. The van der Waals surface area contributed by atoms with E-state index in [1.807, 2.05) is 6.92 Å². The van der Waals surface area contributed by atoms with Crippen molar-refractivity contribution >= 4 is 26.7 Å². The second kappa shape index (κ2) is 4.92. The van der Waals surface area contributed by atoms with Crippen LogP contribution in [0, 0.1) is 13.8 Å². The lowest BCUT2D eigenvalue weighted by Crippen LogP contribution is -1.96. The third-order valence-corrected chi connectivity index (χ3v) is 3.79. The first-order valence-corrected chi connectivity index (χ1v) is 6.76. The molecule has 0 saturated carbocycles. The van der Waals surface area contributed by atoms with E-state index in [1.165, 1.54) is 15.8 Å². The van der Waals surface area contributed by atoms with Gasteiger partial charge in [-0.05, 0) is 44.9 Å². The molecule has 2 rings (SSSR count). The lowest BCUT2D eigenvalue weighted by atomic mass is 10.1. The fourth-order valence-corrected chi connectivity index (χ4v) is 2.84. The van der Waals surface area contributed by atoms with Gasteiger partial charge in [-0.3, -0.25) is 0 Å². The zero-order valence-corrected chi connectivity index (χ0v) is 11.6. The first kappa shape index (κ1) is 12.2. The zero-order valence-electron chi connectivity index (χ0n) is 10.8. The summed E-state index contributed by atoms with van der Waals surface area (Å²) in [6, 6.07) is 2.10. The van der Waals surface area contributed by atoms with Gasteiger partial charge in [-0.2, -0.15) is 0 Å². The molecule has 0 spiro atoms. The number of fused-ring (bicyclic) bond motifs is 1. The first-order valence-electron chi connectivity index (χ1n) is 5.94. The van der Waals surface area contributed by atoms with Gasteiger partial charge in [0.1, 0.15) is 5.75 Å². The molecule has 0 amide bonds. The second-order valence-electron chi connectivity index (χ2n) is 3.95. The van der Waals surface area contributed by atoms with Gasteiger partial charge in [-0.25, -0.2) is 4.98 Å². The molecule has 2 aromatic rings. The molecule has 1 aromatic heterocycles. The SMILES string of the molecule is CCNc1nc2c(C)c(C)c(OCC)cc2s1. The van der Waals surface area contributed by atoms with Crippen LogP contribution in [-0.2, 0) is 0 Å². The normalized spacial score (nSPS) is 10.8. The Balaban J connectivity index is 2.56. The number of benzene rings is 1. The van der Waals surface area contributed by atoms with Gasteiger partial charge in [0.15, 0.2) is 5.13 Å². The average Bonchev–Trinajstić information content (AvgIpc) is 2.69. The summed E-state index contributed by atoms with van der Waals surface area (Å²) in [7, 11) is 0. The van der Waals surface area contributed by atoms with Gasteiger partial charge < -0.3 is 10.1 Å². The highest BCUT2D eigenvalue weighted by molar-refractivity contribution is 7.22. The quantitative estimate of drug-likeness (QED) is 0.897. The maximum Gasteiger partial charge on any atom is 0.183 e. The van der Waals surface area contributed by atoms with E-state index >= 15 is 0 Å². The highest BCUT2D eigenvalue weighted by Crippen LogP contribution is 2.34. The smallest absolute Gasteiger partial charge is 0.183 e. The summed E-state index contributed by atoms with van der Waals surface area (Å²) in [4.78, 5) is 4.62. The van der Waals surface area contributed by atoms with Crippen molar-refractivity contribution in [1.82, 2.24) is 4.98 Å². The molecule has 0 radical (unpaired) electrons. The molecule has 0 aliphatic heterocycles. The molecule has 0 atom stereocenters. The molecule has 0 aliphatic rings. The van der Waals surface area contributed by atoms with Crippen LogP contribution in [0.3, 0.4) is 0 Å². The van der Waals surface area contributed by atoms with Crippen LogP contribution in [0.4, 0.5) is 5.13 Å². The standard InChI is InChI=1S/C13H18N2OS/c1-5-14-13-15-12-9(4)8(3)10(16-6-2)7-11(12)17-13/h7H,5-6H2,1-4H3,(H,14,15). The number of nitrogens with zero attached hydrogens (tertiary/aromatic N) is 1. The molecule has 0 bridgehead atoms. The van der Waals surface area contributed by atoms with E-state index in [0.717, 1.165) is 22.9 Å². The Kier molecular flexibility index (Phi) is 3.52. The summed E-state index contributed by atoms with van der Waals surface area (Å²) < 4.78 is 6.84. The molecule has 0 fully saturated rings. The summed E-state index contributed by atoms with van der Waals surface area (Å²) in [6.45, 7) is 9.88. The minimum absolute atomic E-state index is 0.699. The molecule has 92 valence electrons. The number of ether oxygens (including phenoxy) is 1. The fourth-order valence-electron chi connectivity index (χ4n) is 1.82. The van der Waals surface area contributed by atoms with Crippen LogP contribution < -0.4 is 10.1 Å². The van der Waals surface area contributed by atoms with Gasteiger partial charge in [0.2, 0.25) is 0 Å². The van der Waals surface area contributed by atoms with Gasteiger partial charge in [0.25, 0.3) is 0 Å². The summed E-state index contributed by atoms with van der Waals surface area (Å²) in [5, 5.41) is 4.25. The number of hydrogen-bond acceptors (Lipinski definition) is 4. The molecule has 0 unspecified atom stereocenters. The predicted octanol–water partition coefficient (Wildman–Crippen LogP) is 3.74. The Morgan fingerprint density at radius 3 is 2.71 bits per heavy atom. The number of anilines is 1. The van der Waals surface area contributed by atoms with Crippen LogP contribution in [0.2, 0.25) is 0 Å². The van der Waals surface area contributed by atoms with E-state index in [0.29, 0.717) is 6.61 Å². The number of nitrogens with one attached hydrogen (secondary N) is 1. The average molecular weight is 250 g/mol. The highest BCUT2D eigenvalue weighted by atomic mass is 32.1. The maximum absolute atomic E-state index is 5.65. The van der Waals surface area contributed by atoms with Crippen molar-refractivity contribution < 1.29 is 4.74 Å². The second-order valence-corrected chi connectivity index (χ2v) is 4.98. The minimum Gasteiger partial charge on any atom is -0.494 e. The summed E-state index contributed by atoms with van der Waals surface area (Å²) in [5.74, 6) is 0.976. The molecule has 0 saturated heterocycles. The van der Waals surface area contributed by atoms with Crippen molar-refractivity contribution in [3.8, 4) is 5.75 Å². The van der Waals surface area contributed by atoms with E-state index in [4.69, 9.17) is 4.74 Å². The monoisotopic (exact) mass is 250 g/mol. The third-order valence-electron chi connectivity index (χ3n) is 2.83. The third kappa shape index (κ3) is 2.22. The molecule has 1 aromatic carbocycles. The Morgan fingerprint density at radius 1 is 1.29 bits per heavy atom. The summed E-state index contributed by atoms with van der Waals surface area (Å²) in [5.41, 5.74) is 3.49. The van der Waals surface area contributed by atoms with Crippen molar-refractivity contribution in [1.29, 1.82) is 0 Å². The van der Waals surface area contributed by atoms with Crippen molar-refractivity contribution in [3.63, 3.8) is 0 Å². The van der Waals surface area contributed by atoms with Crippen molar-refractivity contribution in [3.05, 3.63) is 17.2 Å². The largest absolute Gasteiger partial charge is 0.494 e. The molecular formula is C13H18N2OS. The molecular weight excluding hydrogens is 232 g/mol. The minimum atomic E-state index is 0.699. The van der Waals surface area contributed by atoms with Gasteiger partial charge in [-0.1, -0.05) is 11.3 Å². The van der Waals surface area contributed by atoms with Crippen LogP contribution in [0.15, 0.2) is 6.07 Å². The van der Waals surface area contributed by atoms with E-state index < -0.39 is 0 Å². The van der Waals surface area contributed by atoms with Crippen LogP contribution >= 0.6 is 11.3 Å². The number of hydrogen-bond donors (Lipinski definition) is 1. The Morgan fingerprint density at radius 2 is 2.06 bits per heavy atom. The lowest BCUT2D eigenvalue weighted by molar-refractivity contribution is 0.338. The van der Waals surface area contributed by atoms with Crippen LogP contribution in [0.5, 0.6) is 5.75 Å². The van der Waals surface area contributed by atoms with Crippen molar-refractivity contribution in [2.24, 2.45) is 0 Å². The van der Waals surface area contributed by atoms with Crippen molar-refractivity contribution in [2.45, 2.75) is 27.7 Å². The van der Waals surface area contributed by atoms with Crippen molar-refractivity contribution in [2.75, 3.05) is 18.5 Å². The molecule has 3 nitrogen and oxygen atoms in total. The predicted molar refractivity (Wildman–Crippen MR) is 74.4 cm³/mol. The first-order chi connectivity index (χ1) is 8.17. The van der Waals surface area contributed by atoms with E-state index in [-0.39, 0.29) is 0 Å². The fraction of sp³-hybridized carbons (Fsp3) is 0.462. The number of aryl methyl sites for hydroxylation is 1. The van der Waals surface area contributed by atoms with Crippen LogP contribution in [-0.4, -0.2) is 18.1 Å². The van der Waals surface area contributed by atoms with Gasteiger partial charge >= 0.3 is 0 Å². The molecule has 0 aliphatic carbocycles. The topological polar surface area (TPSA) is 34.2 Å². The Bertz CT molecular complexity index is 534. The van der Waals surface area contributed by atoms with E-state index in [9.17, 15) is 0 Å². The molecule has 17 heavy (non-hydrogen) atoms. The van der Waals surface area contributed by atoms with E-state index in [1.54, 1.807) is 11.3 Å². The molecule has 1 N–H and O–H groups in total. The van der Waals surface area contributed by atoms with Gasteiger partial charge in [0.05, 0.1) is 16.8 Å². The van der Waals surface area contributed by atoms with E-state index in [2.05, 4.69) is 37.1 Å². The number of thiazole rings is 1. The zero-order chi connectivity index (χ0) is 12.4.